The van der Waals surface area contributed by atoms with Crippen LogP contribution in [0.25, 0.3) is 0 Å². The number of nitrogens with two attached hydrogens (primary N) is 1. The summed E-state index contributed by atoms with van der Waals surface area (Å²) < 4.78 is 5.21. The molecule has 2 heterocycles. The van der Waals surface area contributed by atoms with Crippen LogP contribution in [0.15, 0.2) is 23.2 Å². The predicted molar refractivity (Wildman–Crippen MR) is 75.9 cm³/mol. The van der Waals surface area contributed by atoms with Crippen molar-refractivity contribution < 1.29 is 9.32 Å². The minimum atomic E-state index is -0.462. The van der Waals surface area contributed by atoms with Gasteiger partial charge in [-0.1, -0.05) is 11.2 Å². The van der Waals surface area contributed by atoms with Crippen LogP contribution in [0.5, 0.6) is 0 Å². The summed E-state index contributed by atoms with van der Waals surface area (Å²) in [7, 11) is 0. The molecule has 0 aromatic carbocycles. The molecule has 6 heteroatoms. The second kappa shape index (κ2) is 6.67. The SMILES string of the molecule is C=CCC(N)C(=O)N1CCN(Cc2cc(C)no2)CC1. The molecule has 6 nitrogen and oxygen atoms in total. The molecule has 1 aromatic heterocycles. The maximum absolute atomic E-state index is 12.1. The largest absolute Gasteiger partial charge is 0.360 e. The Labute approximate surface area is 119 Å². The van der Waals surface area contributed by atoms with Gasteiger partial charge in [0.25, 0.3) is 0 Å². The summed E-state index contributed by atoms with van der Waals surface area (Å²) in [6.07, 6.45) is 2.21. The van der Waals surface area contributed by atoms with E-state index in [0.717, 1.165) is 31.1 Å². The standard InChI is InChI=1S/C14H22N4O2/c1-3-4-13(15)14(19)18-7-5-17(6-8-18)10-12-9-11(2)16-20-12/h3,9,13H,1,4-8,10,15H2,2H3. The Hall–Kier alpha value is -1.66. The monoisotopic (exact) mass is 278 g/mol. The van der Waals surface area contributed by atoms with Crippen LogP contribution < -0.4 is 5.73 Å². The molecule has 0 aliphatic carbocycles. The minimum absolute atomic E-state index is 0.0139. The third kappa shape index (κ3) is 3.68. The molecular weight excluding hydrogens is 256 g/mol. The van der Waals surface area contributed by atoms with Crippen molar-refractivity contribution in [3.8, 4) is 0 Å². The van der Waals surface area contributed by atoms with Crippen molar-refractivity contribution in [1.82, 2.24) is 15.0 Å². The Morgan fingerprint density at radius 2 is 2.25 bits per heavy atom. The number of hydrogen-bond donors (Lipinski definition) is 1. The summed E-state index contributed by atoms with van der Waals surface area (Å²) in [4.78, 5) is 16.1. The Morgan fingerprint density at radius 3 is 2.80 bits per heavy atom. The van der Waals surface area contributed by atoms with Crippen molar-refractivity contribution in [2.45, 2.75) is 25.9 Å². The molecule has 1 aliphatic heterocycles. The first-order valence-electron chi connectivity index (χ1n) is 6.90. The van der Waals surface area contributed by atoms with E-state index in [4.69, 9.17) is 10.3 Å². The molecule has 0 saturated carbocycles. The summed E-state index contributed by atoms with van der Waals surface area (Å²) in [5.41, 5.74) is 6.71. The van der Waals surface area contributed by atoms with Gasteiger partial charge in [0.2, 0.25) is 5.91 Å². The van der Waals surface area contributed by atoms with Crippen LogP contribution in [0.1, 0.15) is 17.9 Å². The maximum Gasteiger partial charge on any atom is 0.239 e. The highest BCUT2D eigenvalue weighted by Crippen LogP contribution is 2.10. The molecule has 2 N–H and O–H groups in total. The van der Waals surface area contributed by atoms with Crippen LogP contribution in [0.3, 0.4) is 0 Å². The summed E-state index contributed by atoms with van der Waals surface area (Å²) in [6.45, 7) is 9.32. The highest BCUT2D eigenvalue weighted by Gasteiger charge is 2.24. The second-order valence-electron chi connectivity index (χ2n) is 5.17. The zero-order valence-corrected chi connectivity index (χ0v) is 11.9. The van der Waals surface area contributed by atoms with E-state index in [-0.39, 0.29) is 5.91 Å². The number of aromatic nitrogens is 1. The van der Waals surface area contributed by atoms with E-state index in [2.05, 4.69) is 16.6 Å². The zero-order valence-electron chi connectivity index (χ0n) is 11.9. The molecule has 1 saturated heterocycles. The summed E-state index contributed by atoms with van der Waals surface area (Å²) in [6, 6.07) is 1.48. The van der Waals surface area contributed by atoms with Gasteiger partial charge >= 0.3 is 0 Å². The molecule has 110 valence electrons. The van der Waals surface area contributed by atoms with Gasteiger partial charge in [0.15, 0.2) is 5.76 Å². The van der Waals surface area contributed by atoms with Crippen molar-refractivity contribution >= 4 is 5.91 Å². The minimum Gasteiger partial charge on any atom is -0.360 e. The van der Waals surface area contributed by atoms with E-state index in [9.17, 15) is 4.79 Å². The zero-order chi connectivity index (χ0) is 14.5. The normalized spacial score (nSPS) is 18.0. The third-order valence-corrected chi connectivity index (χ3v) is 3.48. The van der Waals surface area contributed by atoms with Gasteiger partial charge < -0.3 is 15.2 Å². The molecule has 1 aromatic rings. The van der Waals surface area contributed by atoms with Gasteiger partial charge in [-0.05, 0) is 13.3 Å². The average molecular weight is 278 g/mol. The lowest BCUT2D eigenvalue weighted by Gasteiger charge is -2.35. The van der Waals surface area contributed by atoms with Crippen molar-refractivity contribution in [1.29, 1.82) is 0 Å². The van der Waals surface area contributed by atoms with Crippen LogP contribution in [0.4, 0.5) is 0 Å². The number of aryl methyl sites for hydroxylation is 1. The number of carbonyl (C=O) groups excluding carboxylic acids is 1. The topological polar surface area (TPSA) is 75.6 Å². The van der Waals surface area contributed by atoms with E-state index in [1.165, 1.54) is 0 Å². The molecule has 0 radical (unpaired) electrons. The molecule has 1 fully saturated rings. The van der Waals surface area contributed by atoms with E-state index < -0.39 is 6.04 Å². The molecule has 0 bridgehead atoms. The van der Waals surface area contributed by atoms with Gasteiger partial charge in [0.1, 0.15) is 0 Å². The molecule has 0 spiro atoms. The number of carbonyl (C=O) groups is 1. The lowest BCUT2D eigenvalue weighted by atomic mass is 10.1. The van der Waals surface area contributed by atoms with Crippen molar-refractivity contribution in [2.24, 2.45) is 5.73 Å². The van der Waals surface area contributed by atoms with E-state index in [1.807, 2.05) is 17.9 Å². The molecule has 20 heavy (non-hydrogen) atoms. The Morgan fingerprint density at radius 1 is 1.55 bits per heavy atom. The smallest absolute Gasteiger partial charge is 0.239 e. The van der Waals surface area contributed by atoms with Crippen molar-refractivity contribution in [3.63, 3.8) is 0 Å². The third-order valence-electron chi connectivity index (χ3n) is 3.48. The van der Waals surface area contributed by atoms with E-state index in [1.54, 1.807) is 6.08 Å². The number of piperazine rings is 1. The fraction of sp³-hybridized carbons (Fsp3) is 0.571. The van der Waals surface area contributed by atoms with Crippen LogP contribution in [0.2, 0.25) is 0 Å². The second-order valence-corrected chi connectivity index (χ2v) is 5.17. The molecule has 1 amide bonds. The lowest BCUT2D eigenvalue weighted by molar-refractivity contribution is -0.134. The van der Waals surface area contributed by atoms with Gasteiger partial charge in [-0.25, -0.2) is 0 Å². The highest BCUT2D eigenvalue weighted by molar-refractivity contribution is 5.81. The van der Waals surface area contributed by atoms with Gasteiger partial charge in [0, 0.05) is 32.2 Å². The van der Waals surface area contributed by atoms with Crippen molar-refractivity contribution in [3.05, 3.63) is 30.2 Å². The fourth-order valence-electron chi connectivity index (χ4n) is 2.35. The molecule has 1 aliphatic rings. The first kappa shape index (κ1) is 14.7. The number of rotatable bonds is 5. The average Bonchev–Trinajstić information content (AvgIpc) is 2.84. The van der Waals surface area contributed by atoms with Gasteiger partial charge in [-0.3, -0.25) is 9.69 Å². The Bertz CT molecular complexity index is 463. The van der Waals surface area contributed by atoms with Crippen LogP contribution in [0, 0.1) is 6.92 Å². The lowest BCUT2D eigenvalue weighted by Crippen LogP contribution is -2.52. The number of amides is 1. The number of nitrogens with zero attached hydrogens (tertiary/aromatic N) is 3. The van der Waals surface area contributed by atoms with Gasteiger partial charge in [-0.2, -0.15) is 0 Å². The van der Waals surface area contributed by atoms with Crippen LogP contribution in [-0.4, -0.2) is 53.1 Å². The summed E-state index contributed by atoms with van der Waals surface area (Å²) in [5.74, 6) is 0.880. The predicted octanol–water partition coefficient (Wildman–Crippen LogP) is 0.531. The van der Waals surface area contributed by atoms with Crippen molar-refractivity contribution in [2.75, 3.05) is 26.2 Å². The van der Waals surface area contributed by atoms with Crippen LogP contribution in [-0.2, 0) is 11.3 Å². The van der Waals surface area contributed by atoms with Gasteiger partial charge in [0.05, 0.1) is 18.3 Å². The fourth-order valence-corrected chi connectivity index (χ4v) is 2.35. The molecular formula is C14H22N4O2. The quantitative estimate of drug-likeness (QED) is 0.795. The first-order valence-corrected chi connectivity index (χ1v) is 6.90. The first-order chi connectivity index (χ1) is 9.60. The van der Waals surface area contributed by atoms with E-state index >= 15 is 0 Å². The summed E-state index contributed by atoms with van der Waals surface area (Å²) >= 11 is 0. The maximum atomic E-state index is 12.1. The number of hydrogen-bond acceptors (Lipinski definition) is 5. The van der Waals surface area contributed by atoms with Gasteiger partial charge in [-0.15, -0.1) is 6.58 Å². The highest BCUT2D eigenvalue weighted by atomic mass is 16.5. The van der Waals surface area contributed by atoms with E-state index in [0.29, 0.717) is 19.5 Å². The van der Waals surface area contributed by atoms with Crippen LogP contribution >= 0.6 is 0 Å². The molecule has 1 unspecified atom stereocenters. The summed E-state index contributed by atoms with van der Waals surface area (Å²) in [5, 5.41) is 3.88. The molecule has 2 rings (SSSR count). The Kier molecular flexibility index (Phi) is 4.92. The Balaban J connectivity index is 1.80. The molecule has 1 atom stereocenters.